The zero-order valence-corrected chi connectivity index (χ0v) is 15.0. The van der Waals surface area contributed by atoms with Gasteiger partial charge in [0.2, 0.25) is 0 Å². The molecule has 0 saturated heterocycles. The van der Waals surface area contributed by atoms with E-state index in [4.69, 9.17) is 0 Å². The molecule has 6 nitrogen and oxygen atoms in total. The number of imidazole rings is 1. The fourth-order valence-electron chi connectivity index (χ4n) is 2.94. The molecule has 0 amide bonds. The van der Waals surface area contributed by atoms with E-state index in [1.807, 2.05) is 32.9 Å². The minimum atomic E-state index is -0.328. The Labute approximate surface area is 145 Å². The lowest BCUT2D eigenvalue weighted by Crippen LogP contribution is -2.39. The molecule has 25 heavy (non-hydrogen) atoms. The number of aryl methyl sites for hydroxylation is 3. The van der Waals surface area contributed by atoms with Gasteiger partial charge in [0, 0.05) is 13.1 Å². The third-order valence-electron chi connectivity index (χ3n) is 4.37. The van der Waals surface area contributed by atoms with E-state index in [-0.39, 0.29) is 11.2 Å². The minimum Gasteiger partial charge on any atom is -0.333 e. The highest BCUT2D eigenvalue weighted by molar-refractivity contribution is 5.76. The summed E-state index contributed by atoms with van der Waals surface area (Å²) >= 11 is 0. The molecule has 2 heterocycles. The molecular weight excluding hydrogens is 316 g/mol. The van der Waals surface area contributed by atoms with Gasteiger partial charge in [0.05, 0.1) is 0 Å². The second-order valence-electron chi connectivity index (χ2n) is 6.09. The Hall–Kier alpha value is -2.89. The molecule has 0 spiro atoms. The van der Waals surface area contributed by atoms with E-state index in [0.29, 0.717) is 30.1 Å². The van der Waals surface area contributed by atoms with Crippen LogP contribution in [0, 0.1) is 13.8 Å². The minimum absolute atomic E-state index is 0.320. The van der Waals surface area contributed by atoms with Crippen molar-refractivity contribution >= 4 is 23.3 Å². The number of fused-ring (bicyclic) bond motifs is 1. The van der Waals surface area contributed by atoms with Gasteiger partial charge < -0.3 is 4.98 Å². The van der Waals surface area contributed by atoms with Gasteiger partial charge in [-0.3, -0.25) is 13.9 Å². The molecule has 1 N–H and O–H groups in total. The molecule has 6 heteroatoms. The van der Waals surface area contributed by atoms with Crippen molar-refractivity contribution in [1.82, 2.24) is 19.1 Å². The molecule has 0 aliphatic carbocycles. The van der Waals surface area contributed by atoms with Crippen LogP contribution in [-0.2, 0) is 13.1 Å². The summed E-state index contributed by atoms with van der Waals surface area (Å²) in [6.45, 7) is 8.54. The lowest BCUT2D eigenvalue weighted by Gasteiger charge is -2.06. The fourth-order valence-corrected chi connectivity index (χ4v) is 2.94. The van der Waals surface area contributed by atoms with Gasteiger partial charge in [-0.05, 0) is 44.9 Å². The summed E-state index contributed by atoms with van der Waals surface area (Å²) in [6, 6.07) is 6.24. The summed E-state index contributed by atoms with van der Waals surface area (Å²) in [7, 11) is 0. The molecule has 1 aromatic carbocycles. The predicted octanol–water partition coefficient (Wildman–Crippen LogP) is 2.71. The molecule has 0 saturated carbocycles. The van der Waals surface area contributed by atoms with Crippen molar-refractivity contribution in [2.75, 3.05) is 0 Å². The first-order valence-corrected chi connectivity index (χ1v) is 8.45. The van der Waals surface area contributed by atoms with E-state index in [1.54, 1.807) is 6.92 Å². The maximum absolute atomic E-state index is 12.5. The van der Waals surface area contributed by atoms with Crippen LogP contribution in [0.15, 0.2) is 27.8 Å². The van der Waals surface area contributed by atoms with Crippen molar-refractivity contribution in [2.24, 2.45) is 0 Å². The third-order valence-corrected chi connectivity index (χ3v) is 4.37. The molecule has 0 aliphatic heterocycles. The van der Waals surface area contributed by atoms with Crippen LogP contribution in [0.5, 0.6) is 0 Å². The van der Waals surface area contributed by atoms with Gasteiger partial charge in [-0.15, -0.1) is 0 Å². The Morgan fingerprint density at radius 1 is 1.08 bits per heavy atom. The first kappa shape index (κ1) is 17.0. The number of nitrogens with zero attached hydrogens (tertiary/aromatic N) is 3. The van der Waals surface area contributed by atoms with Crippen molar-refractivity contribution in [1.29, 1.82) is 0 Å². The molecule has 3 aromatic rings. The normalized spacial score (nSPS) is 11.7. The van der Waals surface area contributed by atoms with Crippen LogP contribution in [0.4, 0.5) is 0 Å². The van der Waals surface area contributed by atoms with Crippen molar-refractivity contribution in [3.8, 4) is 0 Å². The van der Waals surface area contributed by atoms with Gasteiger partial charge in [0.1, 0.15) is 11.3 Å². The second-order valence-corrected chi connectivity index (χ2v) is 6.09. The van der Waals surface area contributed by atoms with Gasteiger partial charge in [-0.1, -0.05) is 29.8 Å². The number of hydrogen-bond donors (Lipinski definition) is 1. The number of hydrogen-bond acceptors (Lipinski definition) is 3. The average Bonchev–Trinajstić information content (AvgIpc) is 3.01. The van der Waals surface area contributed by atoms with Crippen LogP contribution in [0.3, 0.4) is 0 Å². The highest BCUT2D eigenvalue weighted by Gasteiger charge is 2.14. The molecular formula is C19H22N4O2. The lowest BCUT2D eigenvalue weighted by atomic mass is 10.1. The fraction of sp³-hybridized carbons (Fsp3) is 0.316. The number of aromatic nitrogens is 4. The molecule has 0 radical (unpaired) electrons. The Morgan fingerprint density at radius 3 is 2.48 bits per heavy atom. The quantitative estimate of drug-likeness (QED) is 0.795. The topological polar surface area (TPSA) is 72.7 Å². The SMILES string of the molecule is CCn1c(=O)c2[nH]c(/C=C/c3cc(C)ccc3C)nc2n(CC)c1=O. The van der Waals surface area contributed by atoms with Gasteiger partial charge in [-0.25, -0.2) is 9.78 Å². The smallest absolute Gasteiger partial charge is 0.332 e. The molecule has 0 unspecified atom stereocenters. The van der Waals surface area contributed by atoms with Gasteiger partial charge in [0.25, 0.3) is 5.56 Å². The lowest BCUT2D eigenvalue weighted by molar-refractivity contribution is 0.605. The summed E-state index contributed by atoms with van der Waals surface area (Å²) in [5, 5.41) is 0. The number of benzene rings is 1. The van der Waals surface area contributed by atoms with Crippen molar-refractivity contribution in [3.05, 3.63) is 61.6 Å². The van der Waals surface area contributed by atoms with Crippen molar-refractivity contribution in [2.45, 2.75) is 40.8 Å². The van der Waals surface area contributed by atoms with Crippen LogP contribution in [-0.4, -0.2) is 19.1 Å². The Kier molecular flexibility index (Phi) is 4.44. The van der Waals surface area contributed by atoms with Crippen molar-refractivity contribution < 1.29 is 0 Å². The number of nitrogens with one attached hydrogen (secondary N) is 1. The van der Waals surface area contributed by atoms with E-state index < -0.39 is 0 Å². The van der Waals surface area contributed by atoms with E-state index >= 15 is 0 Å². The summed E-state index contributed by atoms with van der Waals surface area (Å²) in [5.74, 6) is 0.559. The summed E-state index contributed by atoms with van der Waals surface area (Å²) in [6.07, 6.45) is 3.80. The maximum atomic E-state index is 12.5. The van der Waals surface area contributed by atoms with Crippen LogP contribution >= 0.6 is 0 Å². The summed E-state index contributed by atoms with van der Waals surface area (Å²) in [4.78, 5) is 32.4. The number of rotatable bonds is 4. The molecule has 0 aliphatic rings. The van der Waals surface area contributed by atoms with Gasteiger partial charge in [0.15, 0.2) is 5.65 Å². The van der Waals surface area contributed by atoms with Gasteiger partial charge in [-0.2, -0.15) is 0 Å². The van der Waals surface area contributed by atoms with Crippen molar-refractivity contribution in [3.63, 3.8) is 0 Å². The predicted molar refractivity (Wildman–Crippen MR) is 101 cm³/mol. The van der Waals surface area contributed by atoms with Crippen LogP contribution in [0.1, 0.15) is 36.4 Å². The zero-order valence-electron chi connectivity index (χ0n) is 15.0. The molecule has 0 fully saturated rings. The molecule has 0 atom stereocenters. The van der Waals surface area contributed by atoms with E-state index in [9.17, 15) is 9.59 Å². The van der Waals surface area contributed by atoms with Crippen LogP contribution in [0.25, 0.3) is 23.3 Å². The van der Waals surface area contributed by atoms with E-state index in [2.05, 4.69) is 28.2 Å². The largest absolute Gasteiger partial charge is 0.333 e. The van der Waals surface area contributed by atoms with E-state index in [0.717, 1.165) is 11.1 Å². The average molecular weight is 338 g/mol. The summed E-state index contributed by atoms with van der Waals surface area (Å²) < 4.78 is 2.74. The number of aromatic amines is 1. The van der Waals surface area contributed by atoms with Gasteiger partial charge >= 0.3 is 5.69 Å². The second kappa shape index (κ2) is 6.55. The Balaban J connectivity index is 2.15. The molecule has 3 rings (SSSR count). The van der Waals surface area contributed by atoms with Crippen LogP contribution in [0.2, 0.25) is 0 Å². The molecule has 2 aromatic heterocycles. The maximum Gasteiger partial charge on any atom is 0.332 e. The zero-order chi connectivity index (χ0) is 18.1. The molecule has 0 bridgehead atoms. The highest BCUT2D eigenvalue weighted by atomic mass is 16.2. The Morgan fingerprint density at radius 2 is 1.80 bits per heavy atom. The highest BCUT2D eigenvalue weighted by Crippen LogP contribution is 2.14. The standard InChI is InChI=1S/C19H22N4O2/c1-5-22-17-16(18(24)23(6-2)19(22)25)20-15(21-17)10-9-14-11-12(3)7-8-13(14)4/h7-11H,5-6H2,1-4H3,(H,20,21)/b10-9+. The third kappa shape index (κ3) is 2.95. The first-order valence-electron chi connectivity index (χ1n) is 8.45. The monoisotopic (exact) mass is 338 g/mol. The summed E-state index contributed by atoms with van der Waals surface area (Å²) in [5.41, 5.74) is 3.56. The van der Waals surface area contributed by atoms with Crippen LogP contribution < -0.4 is 11.2 Å². The first-order chi connectivity index (χ1) is 12.0. The number of H-pyrrole nitrogens is 1. The molecule has 130 valence electrons. The van der Waals surface area contributed by atoms with E-state index in [1.165, 1.54) is 14.7 Å². The Bertz CT molecular complexity index is 1080.